The summed E-state index contributed by atoms with van der Waals surface area (Å²) in [6, 6.07) is 4.13. The van der Waals surface area contributed by atoms with Crippen LogP contribution in [0.25, 0.3) is 0 Å². The van der Waals surface area contributed by atoms with Crippen LogP contribution >= 0.6 is 0 Å². The first-order valence-electron chi connectivity index (χ1n) is 6.89. The van der Waals surface area contributed by atoms with Crippen LogP contribution < -0.4 is 4.74 Å². The molecule has 128 valence electrons. The summed E-state index contributed by atoms with van der Waals surface area (Å²) in [4.78, 5) is 7.88. The number of hydrogen-bond acceptors (Lipinski definition) is 5. The number of fused-ring (bicyclic) bond motifs is 1. The van der Waals surface area contributed by atoms with Crippen LogP contribution in [0.3, 0.4) is 0 Å². The Bertz CT molecular complexity index is 838. The Kier molecular flexibility index (Phi) is 4.18. The second kappa shape index (κ2) is 6.02. The van der Waals surface area contributed by atoms with Crippen molar-refractivity contribution in [2.75, 3.05) is 6.54 Å². The minimum absolute atomic E-state index is 0.0997. The topological polar surface area (TPSA) is 72.4 Å². The molecule has 0 N–H and O–H groups in total. The van der Waals surface area contributed by atoms with E-state index in [-0.39, 0.29) is 18.0 Å². The van der Waals surface area contributed by atoms with Gasteiger partial charge in [0, 0.05) is 37.0 Å². The van der Waals surface area contributed by atoms with Gasteiger partial charge >= 0.3 is 6.36 Å². The lowest BCUT2D eigenvalue weighted by molar-refractivity contribution is -0.274. The lowest BCUT2D eigenvalue weighted by Gasteiger charge is -2.27. The average molecular weight is 359 g/mol. The van der Waals surface area contributed by atoms with Gasteiger partial charge in [0.25, 0.3) is 0 Å². The number of halogens is 3. The van der Waals surface area contributed by atoms with E-state index in [1.54, 1.807) is 6.20 Å². The van der Waals surface area contributed by atoms with Crippen molar-refractivity contribution in [3.8, 4) is 5.75 Å². The number of ether oxygens (including phenoxy) is 1. The third kappa shape index (κ3) is 3.49. The zero-order chi connectivity index (χ0) is 17.4. The first-order chi connectivity index (χ1) is 11.3. The van der Waals surface area contributed by atoms with Gasteiger partial charge in [0.15, 0.2) is 0 Å². The van der Waals surface area contributed by atoms with Crippen LogP contribution in [-0.2, 0) is 23.0 Å². The van der Waals surface area contributed by atoms with E-state index in [0.717, 1.165) is 30.0 Å². The summed E-state index contributed by atoms with van der Waals surface area (Å²) in [6.07, 6.45) is -1.41. The number of alkyl halides is 3. The van der Waals surface area contributed by atoms with Crippen molar-refractivity contribution in [3.63, 3.8) is 0 Å². The van der Waals surface area contributed by atoms with Gasteiger partial charge in [-0.3, -0.25) is 0 Å². The van der Waals surface area contributed by atoms with Crippen LogP contribution in [0.15, 0.2) is 41.7 Å². The molecule has 0 amide bonds. The summed E-state index contributed by atoms with van der Waals surface area (Å²) in [7, 11) is -3.82. The van der Waals surface area contributed by atoms with Crippen molar-refractivity contribution >= 4 is 10.0 Å². The maximum atomic E-state index is 12.6. The van der Waals surface area contributed by atoms with Crippen molar-refractivity contribution in [3.05, 3.63) is 48.0 Å². The largest absolute Gasteiger partial charge is 0.573 e. The molecule has 1 aromatic carbocycles. The fraction of sp³-hybridized carbons (Fsp3) is 0.286. The van der Waals surface area contributed by atoms with Crippen LogP contribution in [-0.4, -0.2) is 35.6 Å². The Labute approximate surface area is 136 Å². The Morgan fingerprint density at radius 3 is 2.54 bits per heavy atom. The molecule has 2 heterocycles. The minimum atomic E-state index is -4.82. The normalized spacial score (nSPS) is 15.8. The second-order valence-corrected chi connectivity index (χ2v) is 7.04. The number of sulfonamides is 1. The van der Waals surface area contributed by atoms with Crippen LogP contribution in [0.2, 0.25) is 0 Å². The lowest BCUT2D eigenvalue weighted by atomic mass is 10.1. The van der Waals surface area contributed by atoms with Gasteiger partial charge < -0.3 is 4.74 Å². The molecular weight excluding hydrogens is 347 g/mol. The molecule has 24 heavy (non-hydrogen) atoms. The maximum absolute atomic E-state index is 12.6. The smallest absolute Gasteiger partial charge is 0.406 e. The molecule has 0 aliphatic carbocycles. The number of hydrogen-bond donors (Lipinski definition) is 0. The third-order valence-corrected chi connectivity index (χ3v) is 5.38. The van der Waals surface area contributed by atoms with Crippen LogP contribution in [0, 0.1) is 0 Å². The molecular formula is C14H12F3N3O3S. The zero-order valence-corrected chi connectivity index (χ0v) is 13.0. The van der Waals surface area contributed by atoms with Crippen molar-refractivity contribution in [2.24, 2.45) is 0 Å². The van der Waals surface area contributed by atoms with E-state index in [1.165, 1.54) is 10.6 Å². The molecule has 0 saturated carbocycles. The molecule has 1 aromatic heterocycles. The molecule has 0 radical (unpaired) electrons. The van der Waals surface area contributed by atoms with Gasteiger partial charge in [0.2, 0.25) is 10.0 Å². The number of aromatic nitrogens is 2. The van der Waals surface area contributed by atoms with Crippen molar-refractivity contribution in [2.45, 2.75) is 24.2 Å². The molecule has 1 aliphatic heterocycles. The predicted molar refractivity (Wildman–Crippen MR) is 76.5 cm³/mol. The SMILES string of the molecule is O=S(=O)(c1ccc(OC(F)(F)F)cc1)N1CCc2ncncc2C1. The Hall–Kier alpha value is -2.20. The van der Waals surface area contributed by atoms with Crippen LogP contribution in [0.4, 0.5) is 13.2 Å². The van der Waals surface area contributed by atoms with E-state index >= 15 is 0 Å². The number of benzene rings is 1. The predicted octanol–water partition coefficient (Wildman–Crippen LogP) is 2.12. The zero-order valence-electron chi connectivity index (χ0n) is 12.2. The minimum Gasteiger partial charge on any atom is -0.406 e. The van der Waals surface area contributed by atoms with E-state index < -0.39 is 22.1 Å². The maximum Gasteiger partial charge on any atom is 0.573 e. The fourth-order valence-electron chi connectivity index (χ4n) is 2.41. The first kappa shape index (κ1) is 16.7. The van der Waals surface area contributed by atoms with Gasteiger partial charge in [0.1, 0.15) is 12.1 Å². The molecule has 6 nitrogen and oxygen atoms in total. The molecule has 10 heteroatoms. The summed E-state index contributed by atoms with van der Waals surface area (Å²) in [5.74, 6) is -0.473. The highest BCUT2D eigenvalue weighted by molar-refractivity contribution is 7.89. The molecule has 3 rings (SSSR count). The number of nitrogens with zero attached hydrogens (tertiary/aromatic N) is 3. The lowest BCUT2D eigenvalue weighted by Crippen LogP contribution is -2.36. The van der Waals surface area contributed by atoms with E-state index in [9.17, 15) is 21.6 Å². The molecule has 2 aromatic rings. The van der Waals surface area contributed by atoms with Crippen molar-refractivity contribution in [1.29, 1.82) is 0 Å². The van der Waals surface area contributed by atoms with Gasteiger partial charge in [-0.15, -0.1) is 13.2 Å². The Morgan fingerprint density at radius 2 is 1.88 bits per heavy atom. The van der Waals surface area contributed by atoms with E-state index in [1.807, 2.05) is 0 Å². The third-order valence-electron chi connectivity index (χ3n) is 3.52. The standard InChI is InChI=1S/C14H12F3N3O3S/c15-14(16,17)23-11-1-3-12(4-2-11)24(21,22)20-6-5-13-10(8-20)7-18-9-19-13/h1-4,7,9H,5-6,8H2. The van der Waals surface area contributed by atoms with Gasteiger partial charge in [0.05, 0.1) is 4.90 Å². The Morgan fingerprint density at radius 1 is 1.17 bits per heavy atom. The quantitative estimate of drug-likeness (QED) is 0.839. The van der Waals surface area contributed by atoms with Crippen molar-refractivity contribution in [1.82, 2.24) is 14.3 Å². The highest BCUT2D eigenvalue weighted by atomic mass is 32.2. The molecule has 0 fully saturated rings. The summed E-state index contributed by atoms with van der Waals surface area (Å²) < 4.78 is 66.7. The second-order valence-electron chi connectivity index (χ2n) is 5.10. The van der Waals surface area contributed by atoms with E-state index in [2.05, 4.69) is 14.7 Å². The van der Waals surface area contributed by atoms with Gasteiger partial charge in [-0.25, -0.2) is 18.4 Å². The van der Waals surface area contributed by atoms with E-state index in [4.69, 9.17) is 0 Å². The monoisotopic (exact) mass is 359 g/mol. The molecule has 0 atom stereocenters. The van der Waals surface area contributed by atoms with Gasteiger partial charge in [-0.1, -0.05) is 0 Å². The van der Waals surface area contributed by atoms with Crippen LogP contribution in [0.1, 0.15) is 11.3 Å². The van der Waals surface area contributed by atoms with Gasteiger partial charge in [-0.2, -0.15) is 4.31 Å². The Balaban J connectivity index is 1.81. The number of rotatable bonds is 3. The average Bonchev–Trinajstić information content (AvgIpc) is 2.53. The summed E-state index contributed by atoms with van der Waals surface area (Å²) >= 11 is 0. The van der Waals surface area contributed by atoms with Gasteiger partial charge in [-0.05, 0) is 24.3 Å². The summed E-state index contributed by atoms with van der Waals surface area (Å²) in [6.45, 7) is 0.368. The molecule has 0 unspecified atom stereocenters. The van der Waals surface area contributed by atoms with E-state index in [0.29, 0.717) is 12.0 Å². The highest BCUT2D eigenvalue weighted by Gasteiger charge is 2.32. The van der Waals surface area contributed by atoms with Crippen LogP contribution in [0.5, 0.6) is 5.75 Å². The fourth-order valence-corrected chi connectivity index (χ4v) is 3.83. The highest BCUT2D eigenvalue weighted by Crippen LogP contribution is 2.27. The first-order valence-corrected chi connectivity index (χ1v) is 8.33. The summed E-state index contributed by atoms with van der Waals surface area (Å²) in [5.41, 5.74) is 1.51. The molecule has 0 spiro atoms. The molecule has 1 aliphatic rings. The molecule has 0 saturated heterocycles. The summed E-state index contributed by atoms with van der Waals surface area (Å²) in [5, 5.41) is 0. The van der Waals surface area contributed by atoms with Crippen molar-refractivity contribution < 1.29 is 26.3 Å². The molecule has 0 bridgehead atoms.